The van der Waals surface area contributed by atoms with Crippen LogP contribution < -0.4 is 10.2 Å². The lowest BCUT2D eigenvalue weighted by Gasteiger charge is -2.02. The molecule has 0 radical (unpaired) electrons. The molecule has 0 aliphatic carbocycles. The second-order valence-electron chi connectivity index (χ2n) is 4.96. The summed E-state index contributed by atoms with van der Waals surface area (Å²) in [6.07, 6.45) is 2.94. The molecule has 8 heteroatoms. The van der Waals surface area contributed by atoms with Crippen molar-refractivity contribution in [1.29, 1.82) is 0 Å². The lowest BCUT2D eigenvalue weighted by Crippen LogP contribution is -2.22. The second kappa shape index (κ2) is 10.2. The minimum atomic E-state index is -1.05. The van der Waals surface area contributed by atoms with E-state index < -0.39 is 18.5 Å². The molecule has 0 spiro atoms. The van der Waals surface area contributed by atoms with Crippen LogP contribution in [0.3, 0.4) is 0 Å². The average Bonchev–Trinajstić information content (AvgIpc) is 2.65. The molecule has 26 heavy (non-hydrogen) atoms. The molecule has 2 aromatic carbocycles. The number of rotatable bonds is 9. The van der Waals surface area contributed by atoms with Crippen molar-refractivity contribution in [3.8, 4) is 5.75 Å². The number of nitrogens with one attached hydrogen (secondary N) is 1. The van der Waals surface area contributed by atoms with Gasteiger partial charge in [0.1, 0.15) is 5.75 Å². The van der Waals surface area contributed by atoms with Crippen LogP contribution in [-0.4, -0.2) is 42.6 Å². The van der Waals surface area contributed by atoms with Crippen molar-refractivity contribution in [1.82, 2.24) is 5.43 Å². The number of carbonyl (C=O) groups excluding carboxylic acids is 1. The number of ether oxygens (including phenoxy) is 1. The van der Waals surface area contributed by atoms with E-state index in [9.17, 15) is 9.59 Å². The number of hydrazone groups is 1. The van der Waals surface area contributed by atoms with Crippen molar-refractivity contribution in [2.75, 3.05) is 13.2 Å². The normalized spacial score (nSPS) is 10.8. The Hall–Kier alpha value is -3.68. The van der Waals surface area contributed by atoms with Gasteiger partial charge in [-0.05, 0) is 35.4 Å². The highest BCUT2D eigenvalue weighted by Gasteiger charge is 2.00. The van der Waals surface area contributed by atoms with Gasteiger partial charge in [-0.15, -0.1) is 0 Å². The molecule has 0 aliphatic rings. The Morgan fingerprint density at radius 1 is 0.962 bits per heavy atom. The molecule has 0 saturated carbocycles. The standard InChI is InChI=1S/C18H17N3O5/c22-17(12-26-20-11-14-4-2-1-3-5-14)21-19-10-15-6-8-16(9-7-15)25-13-18(23)24/h1-11H,12-13H2,(H,21,22)(H,23,24)/b19-10-,20-11+. The topological polar surface area (TPSA) is 110 Å². The Balaban J connectivity index is 1.69. The van der Waals surface area contributed by atoms with Crippen molar-refractivity contribution < 1.29 is 24.3 Å². The quantitative estimate of drug-likeness (QED) is 0.525. The van der Waals surface area contributed by atoms with Gasteiger partial charge in [0.15, 0.2) is 13.2 Å². The van der Waals surface area contributed by atoms with Gasteiger partial charge in [0.25, 0.3) is 5.91 Å². The zero-order valence-electron chi connectivity index (χ0n) is 13.7. The smallest absolute Gasteiger partial charge is 0.341 e. The third kappa shape index (κ3) is 7.26. The maximum absolute atomic E-state index is 11.5. The molecule has 0 atom stereocenters. The summed E-state index contributed by atoms with van der Waals surface area (Å²) in [6.45, 7) is -0.668. The molecule has 0 heterocycles. The fourth-order valence-electron chi connectivity index (χ4n) is 1.74. The van der Waals surface area contributed by atoms with Crippen molar-refractivity contribution >= 4 is 24.3 Å². The second-order valence-corrected chi connectivity index (χ2v) is 4.96. The Kier molecular flexibility index (Phi) is 7.35. The molecule has 0 fully saturated rings. The molecule has 0 bridgehead atoms. The lowest BCUT2D eigenvalue weighted by atomic mass is 10.2. The number of aliphatic carboxylic acids is 1. The largest absolute Gasteiger partial charge is 0.482 e. The highest BCUT2D eigenvalue weighted by molar-refractivity contribution is 5.83. The third-order valence-electron chi connectivity index (χ3n) is 2.92. The van der Waals surface area contributed by atoms with E-state index in [1.54, 1.807) is 24.3 Å². The summed E-state index contributed by atoms with van der Waals surface area (Å²) < 4.78 is 5.01. The molecule has 134 valence electrons. The Morgan fingerprint density at radius 2 is 1.65 bits per heavy atom. The molecule has 0 saturated heterocycles. The summed E-state index contributed by atoms with van der Waals surface area (Å²) in [7, 11) is 0. The maximum atomic E-state index is 11.5. The molecule has 2 aromatic rings. The molecule has 8 nitrogen and oxygen atoms in total. The van der Waals surface area contributed by atoms with E-state index in [-0.39, 0.29) is 6.61 Å². The molecule has 0 unspecified atom stereocenters. The highest BCUT2D eigenvalue weighted by Crippen LogP contribution is 2.10. The van der Waals surface area contributed by atoms with Gasteiger partial charge in [-0.2, -0.15) is 5.10 Å². The maximum Gasteiger partial charge on any atom is 0.341 e. The Labute approximate surface area is 149 Å². The predicted molar refractivity (Wildman–Crippen MR) is 95.3 cm³/mol. The number of hydrogen-bond acceptors (Lipinski definition) is 6. The van der Waals surface area contributed by atoms with Gasteiger partial charge in [-0.25, -0.2) is 10.2 Å². The van der Waals surface area contributed by atoms with Crippen LogP contribution in [0.1, 0.15) is 11.1 Å². The summed E-state index contributed by atoms with van der Waals surface area (Å²) in [5.41, 5.74) is 3.87. The predicted octanol–water partition coefficient (Wildman–Crippen LogP) is 1.65. The lowest BCUT2D eigenvalue weighted by molar-refractivity contribution is -0.139. The number of amides is 1. The van der Waals surface area contributed by atoms with Crippen molar-refractivity contribution in [2.24, 2.45) is 10.3 Å². The fraction of sp³-hybridized carbons (Fsp3) is 0.111. The number of carbonyl (C=O) groups is 2. The fourth-order valence-corrected chi connectivity index (χ4v) is 1.74. The Morgan fingerprint density at radius 3 is 2.35 bits per heavy atom. The van der Waals surface area contributed by atoms with Crippen LogP contribution in [0.15, 0.2) is 64.9 Å². The van der Waals surface area contributed by atoms with Gasteiger partial charge in [0, 0.05) is 0 Å². The zero-order chi connectivity index (χ0) is 18.6. The first-order chi connectivity index (χ1) is 12.6. The summed E-state index contributed by atoms with van der Waals surface area (Å²) in [6, 6.07) is 15.9. The van der Waals surface area contributed by atoms with Gasteiger partial charge in [0.05, 0.1) is 12.4 Å². The average molecular weight is 355 g/mol. The third-order valence-corrected chi connectivity index (χ3v) is 2.92. The monoisotopic (exact) mass is 355 g/mol. The Bertz CT molecular complexity index is 773. The van der Waals surface area contributed by atoms with Crippen molar-refractivity contribution in [3.63, 3.8) is 0 Å². The highest BCUT2D eigenvalue weighted by atomic mass is 16.6. The van der Waals surface area contributed by atoms with E-state index in [0.717, 1.165) is 5.56 Å². The molecule has 1 amide bonds. The van der Waals surface area contributed by atoms with Gasteiger partial charge in [-0.1, -0.05) is 35.5 Å². The van der Waals surface area contributed by atoms with Crippen LogP contribution in [0, 0.1) is 0 Å². The number of oxime groups is 1. The summed E-state index contributed by atoms with van der Waals surface area (Å²) in [5.74, 6) is -1.07. The number of benzene rings is 2. The van der Waals surface area contributed by atoms with Crippen LogP contribution in [0.4, 0.5) is 0 Å². The van der Waals surface area contributed by atoms with Gasteiger partial charge in [0.2, 0.25) is 0 Å². The van der Waals surface area contributed by atoms with E-state index in [1.807, 2.05) is 30.3 Å². The summed E-state index contributed by atoms with van der Waals surface area (Å²) in [4.78, 5) is 26.8. The summed E-state index contributed by atoms with van der Waals surface area (Å²) >= 11 is 0. The van der Waals surface area contributed by atoms with Crippen LogP contribution in [0.2, 0.25) is 0 Å². The SMILES string of the molecule is O=C(O)COc1ccc(/C=N\NC(=O)CO/N=C/c2ccccc2)cc1. The van der Waals surface area contributed by atoms with Crippen LogP contribution in [0.25, 0.3) is 0 Å². The first kappa shape index (κ1) is 18.7. The van der Waals surface area contributed by atoms with Gasteiger partial charge in [-0.3, -0.25) is 4.79 Å². The first-order valence-electron chi connectivity index (χ1n) is 7.60. The minimum Gasteiger partial charge on any atom is -0.482 e. The molecule has 2 N–H and O–H groups in total. The van der Waals surface area contributed by atoms with E-state index in [4.69, 9.17) is 14.7 Å². The minimum absolute atomic E-state index is 0.261. The van der Waals surface area contributed by atoms with E-state index >= 15 is 0 Å². The molecule has 2 rings (SSSR count). The number of carboxylic acids is 1. The molecule has 0 aliphatic heterocycles. The molecular formula is C18H17N3O5. The number of carboxylic acid groups (broad SMARTS) is 1. The van der Waals surface area contributed by atoms with Crippen LogP contribution >= 0.6 is 0 Å². The van der Waals surface area contributed by atoms with E-state index in [2.05, 4.69) is 15.7 Å². The van der Waals surface area contributed by atoms with Crippen LogP contribution in [0.5, 0.6) is 5.75 Å². The molecular weight excluding hydrogens is 338 g/mol. The van der Waals surface area contributed by atoms with Crippen molar-refractivity contribution in [2.45, 2.75) is 0 Å². The van der Waals surface area contributed by atoms with Gasteiger partial charge < -0.3 is 14.7 Å². The van der Waals surface area contributed by atoms with E-state index in [0.29, 0.717) is 11.3 Å². The first-order valence-corrected chi connectivity index (χ1v) is 7.60. The number of hydrogen-bond donors (Lipinski definition) is 2. The summed E-state index contributed by atoms with van der Waals surface area (Å²) in [5, 5.41) is 16.0. The van der Waals surface area contributed by atoms with Crippen LogP contribution in [-0.2, 0) is 14.4 Å². The van der Waals surface area contributed by atoms with Gasteiger partial charge >= 0.3 is 5.97 Å². The van der Waals surface area contributed by atoms with Crippen molar-refractivity contribution in [3.05, 3.63) is 65.7 Å². The zero-order valence-corrected chi connectivity index (χ0v) is 13.7. The number of nitrogens with zero attached hydrogens (tertiary/aromatic N) is 2. The van der Waals surface area contributed by atoms with E-state index in [1.165, 1.54) is 12.4 Å². The molecule has 0 aromatic heterocycles.